The summed E-state index contributed by atoms with van der Waals surface area (Å²) in [5, 5.41) is 8.66. The Morgan fingerprint density at radius 3 is 2.45 bits per heavy atom. The van der Waals surface area contributed by atoms with Crippen molar-refractivity contribution in [2.75, 3.05) is 18.6 Å². The smallest absolute Gasteiger partial charge is 0.307 e. The van der Waals surface area contributed by atoms with Crippen LogP contribution in [0.15, 0.2) is 29.2 Å². The fourth-order valence-corrected chi connectivity index (χ4v) is 3.49. The number of carboxylic acids is 1. The summed E-state index contributed by atoms with van der Waals surface area (Å²) in [5.74, 6) is 0.204. The van der Waals surface area contributed by atoms with Gasteiger partial charge in [0.15, 0.2) is 0 Å². The fraction of sp³-hybridized carbons (Fsp3) is 0.462. The number of thioether (sulfide) groups is 1. The van der Waals surface area contributed by atoms with Crippen LogP contribution in [0.3, 0.4) is 0 Å². The van der Waals surface area contributed by atoms with E-state index in [4.69, 9.17) is 5.11 Å². The minimum absolute atomic E-state index is 0.113. The predicted octanol–water partition coefficient (Wildman–Crippen LogP) is 1.59. The monoisotopic (exact) mass is 317 g/mol. The molecule has 1 rings (SSSR count). The zero-order chi connectivity index (χ0) is 15.2. The number of rotatable bonds is 8. The molecule has 0 fully saturated rings. The molecule has 0 bridgehead atoms. The second-order valence-corrected chi connectivity index (χ2v) is 7.30. The van der Waals surface area contributed by atoms with Crippen molar-refractivity contribution in [3.63, 3.8) is 0 Å². The van der Waals surface area contributed by atoms with Gasteiger partial charge in [-0.2, -0.15) is 11.8 Å². The van der Waals surface area contributed by atoms with E-state index in [1.807, 2.05) is 13.2 Å². The van der Waals surface area contributed by atoms with Gasteiger partial charge in [-0.05, 0) is 35.6 Å². The molecule has 20 heavy (non-hydrogen) atoms. The Kier molecular flexibility index (Phi) is 6.51. The van der Waals surface area contributed by atoms with Crippen molar-refractivity contribution in [2.24, 2.45) is 5.92 Å². The van der Waals surface area contributed by atoms with Crippen molar-refractivity contribution >= 4 is 27.8 Å². The van der Waals surface area contributed by atoms with E-state index in [1.165, 1.54) is 24.3 Å². The summed E-state index contributed by atoms with van der Waals surface area (Å²) in [6.07, 6.45) is 1.87. The lowest BCUT2D eigenvalue weighted by Crippen LogP contribution is -2.29. The van der Waals surface area contributed by atoms with Crippen LogP contribution < -0.4 is 4.72 Å². The highest BCUT2D eigenvalue weighted by atomic mass is 32.2. The lowest BCUT2D eigenvalue weighted by molar-refractivity contribution is -0.136. The van der Waals surface area contributed by atoms with Crippen LogP contribution >= 0.6 is 11.8 Å². The summed E-state index contributed by atoms with van der Waals surface area (Å²) in [7, 11) is -3.53. The average molecular weight is 317 g/mol. The summed E-state index contributed by atoms with van der Waals surface area (Å²) in [4.78, 5) is 10.7. The lowest BCUT2D eigenvalue weighted by atomic mass is 10.2. The molecule has 1 aromatic carbocycles. The first-order valence-corrected chi connectivity index (χ1v) is 9.02. The second-order valence-electron chi connectivity index (χ2n) is 4.63. The highest BCUT2D eigenvalue weighted by Gasteiger charge is 2.15. The third-order valence-corrected chi connectivity index (χ3v) is 5.00. The quantitative estimate of drug-likeness (QED) is 0.761. The maximum absolute atomic E-state index is 12.0. The van der Waals surface area contributed by atoms with Crippen molar-refractivity contribution in [1.82, 2.24) is 4.72 Å². The Labute approximate surface area is 123 Å². The van der Waals surface area contributed by atoms with Crippen LogP contribution in [0.4, 0.5) is 0 Å². The van der Waals surface area contributed by atoms with E-state index in [9.17, 15) is 13.2 Å². The normalized spacial score (nSPS) is 13.1. The molecule has 0 aliphatic heterocycles. The highest BCUT2D eigenvalue weighted by Crippen LogP contribution is 2.12. The Balaban J connectivity index is 2.70. The van der Waals surface area contributed by atoms with E-state index in [0.717, 1.165) is 5.75 Å². The number of carbonyl (C=O) groups is 1. The molecule has 7 heteroatoms. The van der Waals surface area contributed by atoms with E-state index in [0.29, 0.717) is 12.1 Å². The van der Waals surface area contributed by atoms with Gasteiger partial charge in [0, 0.05) is 6.54 Å². The SMILES string of the molecule is CSCC(C)CNS(=O)(=O)c1ccc(CC(=O)O)cc1. The maximum Gasteiger partial charge on any atom is 0.307 e. The topological polar surface area (TPSA) is 83.5 Å². The van der Waals surface area contributed by atoms with E-state index in [1.54, 1.807) is 11.8 Å². The largest absolute Gasteiger partial charge is 0.481 e. The molecule has 112 valence electrons. The second kappa shape index (κ2) is 7.66. The van der Waals surface area contributed by atoms with Gasteiger partial charge in [0.2, 0.25) is 10.0 Å². The van der Waals surface area contributed by atoms with Crippen molar-refractivity contribution in [3.05, 3.63) is 29.8 Å². The van der Waals surface area contributed by atoms with Gasteiger partial charge in [-0.15, -0.1) is 0 Å². The van der Waals surface area contributed by atoms with Gasteiger partial charge in [0.05, 0.1) is 11.3 Å². The van der Waals surface area contributed by atoms with Crippen LogP contribution in [0, 0.1) is 5.92 Å². The van der Waals surface area contributed by atoms with Crippen LogP contribution in [0.2, 0.25) is 0 Å². The lowest BCUT2D eigenvalue weighted by Gasteiger charge is -2.12. The molecule has 0 radical (unpaired) electrons. The molecule has 0 aromatic heterocycles. The third-order valence-electron chi connectivity index (χ3n) is 2.66. The minimum Gasteiger partial charge on any atom is -0.481 e. The van der Waals surface area contributed by atoms with Gasteiger partial charge in [-0.3, -0.25) is 4.79 Å². The third kappa shape index (κ3) is 5.52. The van der Waals surface area contributed by atoms with Gasteiger partial charge in [0.1, 0.15) is 0 Å². The molecule has 0 saturated heterocycles. The first-order valence-electron chi connectivity index (χ1n) is 6.14. The summed E-state index contributed by atoms with van der Waals surface area (Å²) in [5.41, 5.74) is 0.576. The fourth-order valence-electron chi connectivity index (χ4n) is 1.64. The minimum atomic E-state index is -3.53. The molecule has 2 N–H and O–H groups in total. The molecule has 5 nitrogen and oxygen atoms in total. The molecular formula is C13H19NO4S2. The molecule has 1 atom stereocenters. The zero-order valence-electron chi connectivity index (χ0n) is 11.5. The van der Waals surface area contributed by atoms with Gasteiger partial charge in [-0.1, -0.05) is 19.1 Å². The molecule has 0 saturated carbocycles. The first kappa shape index (κ1) is 17.0. The molecule has 0 aliphatic rings. The standard InChI is InChI=1S/C13H19NO4S2/c1-10(9-19-2)8-14-20(17,18)12-5-3-11(4-6-12)7-13(15)16/h3-6,10,14H,7-9H2,1-2H3,(H,15,16). The molecule has 0 heterocycles. The number of sulfonamides is 1. The van der Waals surface area contributed by atoms with Crippen LogP contribution in [0.25, 0.3) is 0 Å². The molecule has 1 unspecified atom stereocenters. The first-order chi connectivity index (χ1) is 9.35. The summed E-state index contributed by atoms with van der Waals surface area (Å²) in [6.45, 7) is 2.37. The van der Waals surface area contributed by atoms with Crippen LogP contribution in [0.1, 0.15) is 12.5 Å². The average Bonchev–Trinajstić information content (AvgIpc) is 2.37. The van der Waals surface area contributed by atoms with Crippen molar-refractivity contribution in [1.29, 1.82) is 0 Å². The zero-order valence-corrected chi connectivity index (χ0v) is 13.1. The number of benzene rings is 1. The number of hydrogen-bond donors (Lipinski definition) is 2. The highest BCUT2D eigenvalue weighted by molar-refractivity contribution is 7.98. The van der Waals surface area contributed by atoms with E-state index < -0.39 is 16.0 Å². The molecular weight excluding hydrogens is 298 g/mol. The Hall–Kier alpha value is -1.05. The van der Waals surface area contributed by atoms with Crippen LogP contribution in [-0.4, -0.2) is 38.0 Å². The number of hydrogen-bond acceptors (Lipinski definition) is 4. The van der Waals surface area contributed by atoms with Crippen molar-refractivity contribution in [3.8, 4) is 0 Å². The van der Waals surface area contributed by atoms with E-state index in [2.05, 4.69) is 4.72 Å². The summed E-state index contributed by atoms with van der Waals surface area (Å²) >= 11 is 1.67. The number of aliphatic carboxylic acids is 1. The predicted molar refractivity (Wildman–Crippen MR) is 80.5 cm³/mol. The Morgan fingerprint density at radius 1 is 1.35 bits per heavy atom. The molecule has 1 aromatic rings. The van der Waals surface area contributed by atoms with E-state index >= 15 is 0 Å². The number of carboxylic acid groups (broad SMARTS) is 1. The molecule has 0 amide bonds. The van der Waals surface area contributed by atoms with Crippen molar-refractivity contribution in [2.45, 2.75) is 18.2 Å². The van der Waals surface area contributed by atoms with E-state index in [-0.39, 0.29) is 17.2 Å². The summed E-state index contributed by atoms with van der Waals surface area (Å²) in [6, 6.07) is 5.90. The number of nitrogens with one attached hydrogen (secondary N) is 1. The summed E-state index contributed by atoms with van der Waals surface area (Å²) < 4.78 is 26.6. The van der Waals surface area contributed by atoms with Gasteiger partial charge >= 0.3 is 5.97 Å². The van der Waals surface area contributed by atoms with Gasteiger partial charge in [-0.25, -0.2) is 13.1 Å². The molecule has 0 aliphatic carbocycles. The maximum atomic E-state index is 12.0. The van der Waals surface area contributed by atoms with Crippen molar-refractivity contribution < 1.29 is 18.3 Å². The Bertz CT molecular complexity index is 540. The van der Waals surface area contributed by atoms with Crippen LogP contribution in [0.5, 0.6) is 0 Å². The Morgan fingerprint density at radius 2 is 1.95 bits per heavy atom. The van der Waals surface area contributed by atoms with Crippen LogP contribution in [-0.2, 0) is 21.2 Å². The molecule has 0 spiro atoms. The van der Waals surface area contributed by atoms with Gasteiger partial charge < -0.3 is 5.11 Å². The van der Waals surface area contributed by atoms with Gasteiger partial charge in [0.25, 0.3) is 0 Å².